The van der Waals surface area contributed by atoms with Crippen molar-refractivity contribution in [2.75, 3.05) is 6.79 Å². The van der Waals surface area contributed by atoms with E-state index in [-0.39, 0.29) is 0 Å². The van der Waals surface area contributed by atoms with Gasteiger partial charge in [0, 0.05) is 23.6 Å². The predicted octanol–water partition coefficient (Wildman–Crippen LogP) is 3.20. The molecule has 1 aliphatic carbocycles. The van der Waals surface area contributed by atoms with E-state index in [9.17, 15) is 0 Å². The van der Waals surface area contributed by atoms with Crippen molar-refractivity contribution in [3.05, 3.63) is 34.7 Å². The summed E-state index contributed by atoms with van der Waals surface area (Å²) in [7, 11) is 0. The van der Waals surface area contributed by atoms with E-state index in [2.05, 4.69) is 28.5 Å². The van der Waals surface area contributed by atoms with Gasteiger partial charge in [0.25, 0.3) is 0 Å². The van der Waals surface area contributed by atoms with Crippen LogP contribution >= 0.6 is 0 Å². The van der Waals surface area contributed by atoms with Gasteiger partial charge in [0.15, 0.2) is 11.5 Å². The van der Waals surface area contributed by atoms with E-state index in [1.165, 1.54) is 22.2 Å². The molecule has 0 radical (unpaired) electrons. The second-order valence-corrected chi connectivity index (χ2v) is 6.16. The van der Waals surface area contributed by atoms with Crippen LogP contribution in [-0.2, 0) is 6.42 Å². The summed E-state index contributed by atoms with van der Waals surface area (Å²) in [6, 6.07) is 4.15. The van der Waals surface area contributed by atoms with Gasteiger partial charge in [-0.05, 0) is 43.4 Å². The normalized spacial score (nSPS) is 19.4. The lowest BCUT2D eigenvalue weighted by atomic mass is 9.90. The number of H-pyrrole nitrogens is 1. The molecule has 0 atom stereocenters. The maximum atomic E-state index is 5.53. The first-order valence-electron chi connectivity index (χ1n) is 7.75. The summed E-state index contributed by atoms with van der Waals surface area (Å²) in [4.78, 5) is 3.55. The minimum Gasteiger partial charge on any atom is -0.454 e. The molecular weight excluding hydrogens is 278 g/mol. The van der Waals surface area contributed by atoms with Crippen molar-refractivity contribution in [3.8, 4) is 11.5 Å². The Morgan fingerprint density at radius 1 is 1.14 bits per heavy atom. The van der Waals surface area contributed by atoms with E-state index in [0.29, 0.717) is 6.79 Å². The minimum absolute atomic E-state index is 0.314. The molecule has 0 saturated carbocycles. The highest BCUT2D eigenvalue weighted by molar-refractivity contribution is 6.07. The highest BCUT2D eigenvalue weighted by Crippen LogP contribution is 2.39. The van der Waals surface area contributed by atoms with Crippen LogP contribution in [0.5, 0.6) is 11.5 Å². The van der Waals surface area contributed by atoms with Crippen LogP contribution in [-0.4, -0.2) is 17.5 Å². The summed E-state index contributed by atoms with van der Waals surface area (Å²) in [5.74, 6) is 1.67. The van der Waals surface area contributed by atoms with Crippen molar-refractivity contribution >= 4 is 16.6 Å². The van der Waals surface area contributed by atoms with Gasteiger partial charge in [-0.3, -0.25) is 5.43 Å². The standard InChI is InChI=1S/C17H17N3O2/c1-9-10-3-2-4-11-12-6-15-16(22-8-21-15)7-13(12)18-17(11)14(5-10)20-19-9/h6-7,18-19H,2-5,8H2,1H3. The van der Waals surface area contributed by atoms with Gasteiger partial charge in [0.05, 0.1) is 16.9 Å². The summed E-state index contributed by atoms with van der Waals surface area (Å²) < 4.78 is 11.0. The van der Waals surface area contributed by atoms with Crippen LogP contribution in [0.4, 0.5) is 0 Å². The van der Waals surface area contributed by atoms with Gasteiger partial charge in [-0.2, -0.15) is 5.10 Å². The van der Waals surface area contributed by atoms with Gasteiger partial charge < -0.3 is 14.5 Å². The molecule has 3 heterocycles. The number of benzene rings is 1. The third-order valence-corrected chi connectivity index (χ3v) is 4.86. The molecule has 5 heteroatoms. The van der Waals surface area contributed by atoms with Gasteiger partial charge in [0.1, 0.15) is 0 Å². The van der Waals surface area contributed by atoms with Crippen molar-refractivity contribution < 1.29 is 9.47 Å². The summed E-state index contributed by atoms with van der Waals surface area (Å²) in [6.07, 6.45) is 4.29. The fourth-order valence-electron chi connectivity index (χ4n) is 3.65. The van der Waals surface area contributed by atoms with E-state index < -0.39 is 0 Å². The van der Waals surface area contributed by atoms with E-state index in [1.807, 2.05) is 6.07 Å². The van der Waals surface area contributed by atoms with Gasteiger partial charge in [-0.15, -0.1) is 0 Å². The molecule has 0 amide bonds. The van der Waals surface area contributed by atoms with E-state index in [1.54, 1.807) is 0 Å². The molecule has 0 saturated heterocycles. The monoisotopic (exact) mass is 295 g/mol. The molecule has 1 aromatic heterocycles. The van der Waals surface area contributed by atoms with Crippen molar-refractivity contribution in [3.63, 3.8) is 0 Å². The van der Waals surface area contributed by atoms with E-state index in [0.717, 1.165) is 54.1 Å². The third-order valence-electron chi connectivity index (χ3n) is 4.86. The first-order valence-corrected chi connectivity index (χ1v) is 7.75. The average molecular weight is 295 g/mol. The fourth-order valence-corrected chi connectivity index (χ4v) is 3.65. The molecule has 5 rings (SSSR count). The largest absolute Gasteiger partial charge is 0.454 e. The molecular formula is C17H17N3O2. The van der Waals surface area contributed by atoms with Crippen LogP contribution in [0.2, 0.25) is 0 Å². The lowest BCUT2D eigenvalue weighted by Crippen LogP contribution is -2.21. The molecule has 2 aliphatic heterocycles. The zero-order valence-corrected chi connectivity index (χ0v) is 12.5. The van der Waals surface area contributed by atoms with E-state index >= 15 is 0 Å². The quantitative estimate of drug-likeness (QED) is 0.784. The fraction of sp³-hybridized carbons (Fsp3) is 0.353. The molecule has 22 heavy (non-hydrogen) atoms. The third kappa shape index (κ3) is 1.62. The van der Waals surface area contributed by atoms with E-state index in [4.69, 9.17) is 9.47 Å². The lowest BCUT2D eigenvalue weighted by Gasteiger charge is -2.22. The minimum atomic E-state index is 0.314. The summed E-state index contributed by atoms with van der Waals surface area (Å²) >= 11 is 0. The summed E-state index contributed by atoms with van der Waals surface area (Å²) in [6.45, 7) is 2.43. The molecule has 112 valence electrons. The Kier molecular flexibility index (Phi) is 2.37. The Labute approximate surface area is 128 Å². The van der Waals surface area contributed by atoms with Crippen molar-refractivity contribution in [1.29, 1.82) is 0 Å². The smallest absolute Gasteiger partial charge is 0.231 e. The van der Waals surface area contributed by atoms with Crippen LogP contribution in [0.1, 0.15) is 37.4 Å². The predicted molar refractivity (Wildman–Crippen MR) is 84.3 cm³/mol. The number of aromatic nitrogens is 1. The number of aryl methyl sites for hydroxylation is 1. The second-order valence-electron chi connectivity index (χ2n) is 6.16. The van der Waals surface area contributed by atoms with Crippen LogP contribution in [0, 0.1) is 0 Å². The number of nitrogens with one attached hydrogen (secondary N) is 2. The molecule has 2 aromatic rings. The van der Waals surface area contributed by atoms with Crippen molar-refractivity contribution in [2.45, 2.75) is 32.6 Å². The molecule has 0 spiro atoms. The number of ether oxygens (including phenoxy) is 2. The summed E-state index contributed by atoms with van der Waals surface area (Å²) in [5.41, 5.74) is 10.6. The van der Waals surface area contributed by atoms with Crippen LogP contribution < -0.4 is 14.9 Å². The zero-order valence-electron chi connectivity index (χ0n) is 12.5. The zero-order chi connectivity index (χ0) is 14.7. The Bertz CT molecular complexity index is 860. The number of hydrazone groups is 1. The Morgan fingerprint density at radius 2 is 2.00 bits per heavy atom. The van der Waals surface area contributed by atoms with Crippen LogP contribution in [0.25, 0.3) is 10.9 Å². The Morgan fingerprint density at radius 3 is 2.91 bits per heavy atom. The lowest BCUT2D eigenvalue weighted by molar-refractivity contribution is 0.174. The van der Waals surface area contributed by atoms with Gasteiger partial charge in [-0.1, -0.05) is 0 Å². The number of hydrogen-bond donors (Lipinski definition) is 2. The van der Waals surface area contributed by atoms with Gasteiger partial charge in [0.2, 0.25) is 6.79 Å². The molecule has 0 unspecified atom stereocenters. The molecule has 2 N–H and O–H groups in total. The number of fused-ring (bicyclic) bond motifs is 7. The highest BCUT2D eigenvalue weighted by atomic mass is 16.7. The number of nitrogens with zero attached hydrogens (tertiary/aromatic N) is 1. The number of allylic oxidation sites excluding steroid dienone is 2. The number of rotatable bonds is 0. The first-order chi connectivity index (χ1) is 10.8. The number of aromatic amines is 1. The average Bonchev–Trinajstić information content (AvgIpc) is 3.09. The molecule has 5 nitrogen and oxygen atoms in total. The first kappa shape index (κ1) is 12.1. The molecule has 3 aliphatic rings. The highest BCUT2D eigenvalue weighted by Gasteiger charge is 2.25. The van der Waals surface area contributed by atoms with Crippen molar-refractivity contribution in [1.82, 2.24) is 10.4 Å². The Hall–Kier alpha value is -2.43. The van der Waals surface area contributed by atoms with Gasteiger partial charge >= 0.3 is 0 Å². The van der Waals surface area contributed by atoms with Crippen LogP contribution in [0.15, 0.2) is 28.5 Å². The van der Waals surface area contributed by atoms with Crippen molar-refractivity contribution in [2.24, 2.45) is 5.10 Å². The summed E-state index contributed by atoms with van der Waals surface area (Å²) in [5, 5.41) is 5.80. The molecule has 0 fully saturated rings. The maximum Gasteiger partial charge on any atom is 0.231 e. The number of hydrogen-bond acceptors (Lipinski definition) is 4. The second kappa shape index (κ2) is 4.29. The molecule has 1 aromatic carbocycles. The topological polar surface area (TPSA) is 58.6 Å². The maximum absolute atomic E-state index is 5.53. The molecule has 2 bridgehead atoms. The Balaban J connectivity index is 1.72. The SMILES string of the molecule is CC1=C2CCCc3c([nH]c4cc5c(cc34)OCO5)C(=NN1)C2. The van der Waals surface area contributed by atoms with Gasteiger partial charge in [-0.25, -0.2) is 0 Å². The van der Waals surface area contributed by atoms with Crippen LogP contribution in [0.3, 0.4) is 0 Å².